The van der Waals surface area contributed by atoms with E-state index in [0.29, 0.717) is 0 Å². The Morgan fingerprint density at radius 2 is 0.700 bits per heavy atom. The van der Waals surface area contributed by atoms with Gasteiger partial charge in [0, 0.05) is 0 Å². The first-order valence-electron chi connectivity index (χ1n) is 1.48. The molecule has 10 heavy (non-hydrogen) atoms. The van der Waals surface area contributed by atoms with Crippen molar-refractivity contribution in [3.8, 4) is 0 Å². The molecule has 0 aliphatic heterocycles. The number of hydrogen-bond donors (Lipinski definition) is 3. The average molecular weight is 172 g/mol. The molecule has 0 aromatic heterocycles. The molecular formula is C3H9O6P. The second-order valence-corrected chi connectivity index (χ2v) is 0.316. The van der Waals surface area contributed by atoms with Crippen LogP contribution in [0.25, 0.3) is 0 Å². The first kappa shape index (κ1) is 23.2. The van der Waals surface area contributed by atoms with Crippen molar-refractivity contribution < 1.29 is 29.7 Å². The van der Waals surface area contributed by atoms with Crippen molar-refractivity contribution in [2.24, 2.45) is 0 Å². The molecule has 0 fully saturated rings. The van der Waals surface area contributed by atoms with Crippen LogP contribution in [0.2, 0.25) is 0 Å². The monoisotopic (exact) mass is 172 g/mol. The maximum Gasteiger partial charge on any atom is 0.290 e. The van der Waals surface area contributed by atoms with Gasteiger partial charge < -0.3 is 15.3 Å². The van der Waals surface area contributed by atoms with E-state index in [-0.39, 0.29) is 29.3 Å². The topological polar surface area (TPSA) is 112 Å². The van der Waals surface area contributed by atoms with Gasteiger partial charge in [-0.25, -0.2) is 0 Å². The second kappa shape index (κ2) is 108. The Morgan fingerprint density at radius 3 is 0.700 bits per heavy atom. The van der Waals surface area contributed by atoms with Crippen LogP contribution in [0.4, 0.5) is 0 Å². The lowest BCUT2D eigenvalue weighted by Gasteiger charge is -1.34. The molecule has 62 valence electrons. The highest BCUT2D eigenvalue weighted by molar-refractivity contribution is 6.92. The molecule has 0 saturated carbocycles. The van der Waals surface area contributed by atoms with Crippen LogP contribution in [0.3, 0.4) is 0 Å². The zero-order valence-electron chi connectivity index (χ0n) is 5.01. The Bertz CT molecular complexity index is 49.7. The van der Waals surface area contributed by atoms with Crippen LogP contribution in [-0.2, 0) is 14.4 Å². The fourth-order valence-corrected chi connectivity index (χ4v) is 0. The third kappa shape index (κ3) is 173. The van der Waals surface area contributed by atoms with Crippen LogP contribution >= 0.6 is 9.90 Å². The van der Waals surface area contributed by atoms with Gasteiger partial charge in [0.2, 0.25) is 0 Å². The fourth-order valence-electron chi connectivity index (χ4n) is 0. The van der Waals surface area contributed by atoms with E-state index in [1.807, 2.05) is 0 Å². The van der Waals surface area contributed by atoms with E-state index in [1.54, 1.807) is 0 Å². The maximum absolute atomic E-state index is 8.36. The molecule has 0 aromatic carbocycles. The number of carbonyl (C=O) groups is 3. The van der Waals surface area contributed by atoms with Crippen LogP contribution in [0, 0.1) is 0 Å². The van der Waals surface area contributed by atoms with Crippen LogP contribution in [0.1, 0.15) is 0 Å². The minimum atomic E-state index is -0.250. The summed E-state index contributed by atoms with van der Waals surface area (Å²) < 4.78 is 0. The Kier molecular flexibility index (Phi) is 251. The first-order chi connectivity index (χ1) is 4.24. The zero-order chi connectivity index (χ0) is 8.12. The summed E-state index contributed by atoms with van der Waals surface area (Å²) in [5, 5.41) is 20.7. The molecule has 0 saturated heterocycles. The van der Waals surface area contributed by atoms with Crippen molar-refractivity contribution in [1.29, 1.82) is 0 Å². The van der Waals surface area contributed by atoms with Crippen molar-refractivity contribution in [3.05, 3.63) is 0 Å². The molecule has 0 aliphatic rings. The minimum absolute atomic E-state index is 0. The van der Waals surface area contributed by atoms with Gasteiger partial charge in [0.05, 0.1) is 0 Å². The molecule has 6 nitrogen and oxygen atoms in total. The molecule has 0 heterocycles. The van der Waals surface area contributed by atoms with E-state index in [1.165, 1.54) is 0 Å². The van der Waals surface area contributed by atoms with E-state index < -0.39 is 0 Å². The molecular weight excluding hydrogens is 163 g/mol. The summed E-state index contributed by atoms with van der Waals surface area (Å²) in [6.07, 6.45) is 0. The van der Waals surface area contributed by atoms with Gasteiger partial charge in [0.1, 0.15) is 0 Å². The van der Waals surface area contributed by atoms with E-state index in [9.17, 15) is 0 Å². The average Bonchev–Trinajstić information content (AvgIpc) is 1.70. The molecule has 0 aromatic rings. The zero-order valence-corrected chi connectivity index (χ0v) is 6.42. The molecule has 1 atom stereocenters. The molecule has 0 amide bonds. The summed E-state index contributed by atoms with van der Waals surface area (Å²) in [7, 11) is 0. The lowest BCUT2D eigenvalue weighted by molar-refractivity contribution is -0.123. The lowest BCUT2D eigenvalue weighted by Crippen LogP contribution is -1.49. The Hall–Kier alpha value is -1.16. The normalized spacial score (nSPS) is 3.60. The van der Waals surface area contributed by atoms with E-state index in [2.05, 4.69) is 0 Å². The summed E-state index contributed by atoms with van der Waals surface area (Å²) in [5.41, 5.74) is 0. The maximum atomic E-state index is 8.36. The Morgan fingerprint density at radius 1 is 0.700 bits per heavy atom. The van der Waals surface area contributed by atoms with Gasteiger partial charge in [0.25, 0.3) is 19.4 Å². The molecule has 1 unspecified atom stereocenters. The fraction of sp³-hybridized carbons (Fsp3) is 0. The highest BCUT2D eigenvalue weighted by Gasteiger charge is 1.22. The van der Waals surface area contributed by atoms with E-state index >= 15 is 0 Å². The molecule has 0 aliphatic carbocycles. The molecule has 0 spiro atoms. The number of hydrogen-bond acceptors (Lipinski definition) is 3. The Labute approximate surface area is 60.1 Å². The Balaban J connectivity index is -0.0000000257. The van der Waals surface area contributed by atoms with Crippen molar-refractivity contribution in [2.75, 3.05) is 0 Å². The second-order valence-electron chi connectivity index (χ2n) is 0.316. The van der Waals surface area contributed by atoms with Gasteiger partial charge in [-0.1, -0.05) is 0 Å². The predicted octanol–water partition coefficient (Wildman–Crippen LogP) is -0.840. The summed E-state index contributed by atoms with van der Waals surface area (Å²) in [6.45, 7) is -0.750. The number of rotatable bonds is 0. The predicted molar refractivity (Wildman–Crippen MR) is 37.2 cm³/mol. The van der Waals surface area contributed by atoms with Gasteiger partial charge in [-0.2, -0.15) is 9.90 Å². The summed E-state index contributed by atoms with van der Waals surface area (Å²) in [5.74, 6) is 0. The van der Waals surface area contributed by atoms with Gasteiger partial charge in [-0.15, -0.1) is 0 Å². The van der Waals surface area contributed by atoms with Crippen molar-refractivity contribution in [1.82, 2.24) is 0 Å². The van der Waals surface area contributed by atoms with Crippen LogP contribution < -0.4 is 0 Å². The molecule has 0 radical (unpaired) electrons. The van der Waals surface area contributed by atoms with Gasteiger partial charge in [0.15, 0.2) is 0 Å². The van der Waals surface area contributed by atoms with Crippen LogP contribution in [0.5, 0.6) is 0 Å². The van der Waals surface area contributed by atoms with Crippen LogP contribution in [0.15, 0.2) is 0 Å². The molecule has 0 rings (SSSR count). The van der Waals surface area contributed by atoms with Gasteiger partial charge in [-0.3, -0.25) is 14.4 Å². The third-order valence-corrected chi connectivity index (χ3v) is 0. The van der Waals surface area contributed by atoms with Crippen molar-refractivity contribution in [3.63, 3.8) is 0 Å². The largest absolute Gasteiger partial charge is 0.483 e. The van der Waals surface area contributed by atoms with Gasteiger partial charge >= 0.3 is 0 Å². The number of carboxylic acid groups (broad SMARTS) is 3. The first-order valence-corrected chi connectivity index (χ1v) is 1.48. The van der Waals surface area contributed by atoms with E-state index in [0.717, 1.165) is 0 Å². The molecule has 7 heteroatoms. The third-order valence-electron chi connectivity index (χ3n) is 0. The molecule has 3 N–H and O–H groups in total. The minimum Gasteiger partial charge on any atom is -0.483 e. The highest BCUT2D eigenvalue weighted by atomic mass is 31.0. The van der Waals surface area contributed by atoms with Crippen molar-refractivity contribution >= 4 is 29.3 Å². The summed E-state index contributed by atoms with van der Waals surface area (Å²) in [6, 6.07) is 0. The molecule has 0 bridgehead atoms. The SMILES string of the molecule is O=CO.O=CO.O=CO.P. The quantitative estimate of drug-likeness (QED) is 0.324. The summed E-state index contributed by atoms with van der Waals surface area (Å²) in [4.78, 5) is 25.1. The lowest BCUT2D eigenvalue weighted by atomic mass is 11.7. The smallest absolute Gasteiger partial charge is 0.290 e. The standard InChI is InChI=1S/3CH2O2.H3P/c3*2-1-3;/h3*1H,(H,2,3);1H3. The van der Waals surface area contributed by atoms with Gasteiger partial charge in [-0.05, 0) is 0 Å². The summed E-state index contributed by atoms with van der Waals surface area (Å²) >= 11 is 0. The van der Waals surface area contributed by atoms with Crippen molar-refractivity contribution in [2.45, 2.75) is 0 Å². The highest BCUT2D eigenvalue weighted by Crippen LogP contribution is 0.972. The van der Waals surface area contributed by atoms with Crippen LogP contribution in [-0.4, -0.2) is 34.7 Å². The van der Waals surface area contributed by atoms with E-state index in [4.69, 9.17) is 29.7 Å².